The molecule has 0 radical (unpaired) electrons. The van der Waals surface area contributed by atoms with Crippen molar-refractivity contribution >= 4 is 0 Å². The van der Waals surface area contributed by atoms with Gasteiger partial charge in [-0.1, -0.05) is 6.58 Å². The number of hydrogen-bond donors (Lipinski definition) is 1. The van der Waals surface area contributed by atoms with E-state index in [1.165, 1.54) is 25.7 Å². The summed E-state index contributed by atoms with van der Waals surface area (Å²) in [4.78, 5) is 0. The van der Waals surface area contributed by atoms with Crippen LogP contribution < -0.4 is 5.73 Å². The molecule has 0 atom stereocenters. The maximum atomic E-state index is 5.74. The van der Waals surface area contributed by atoms with E-state index in [9.17, 15) is 0 Å². The van der Waals surface area contributed by atoms with E-state index in [4.69, 9.17) is 5.73 Å². The fourth-order valence-electron chi connectivity index (χ4n) is 1.48. The Bertz CT molecular complexity index is 137. The van der Waals surface area contributed by atoms with Crippen LogP contribution in [-0.2, 0) is 0 Å². The summed E-state index contributed by atoms with van der Waals surface area (Å²) in [5, 5.41) is 0. The molecular weight excluding hydrogens is 122 g/mol. The van der Waals surface area contributed by atoms with Crippen molar-refractivity contribution in [1.82, 2.24) is 0 Å². The number of hydrogen-bond acceptors (Lipinski definition) is 1. The number of rotatable bonds is 1. The molecule has 0 aromatic heterocycles. The average Bonchev–Trinajstić information content (AvgIpc) is 1.95. The lowest BCUT2D eigenvalue weighted by Gasteiger charge is -2.22. The summed E-state index contributed by atoms with van der Waals surface area (Å²) in [5.74, 6) is 0.706. The second-order valence-corrected chi connectivity index (χ2v) is 3.05. The van der Waals surface area contributed by atoms with E-state index in [1.807, 2.05) is 0 Å². The third-order valence-electron chi connectivity index (χ3n) is 2.17. The minimum atomic E-state index is 0.453. The van der Waals surface area contributed by atoms with Gasteiger partial charge >= 0.3 is 0 Å². The highest BCUT2D eigenvalue weighted by atomic mass is 14.6. The predicted octanol–water partition coefficient (Wildman–Crippen LogP) is 1.84. The van der Waals surface area contributed by atoms with E-state index < -0.39 is 0 Å². The summed E-state index contributed by atoms with van der Waals surface area (Å²) in [5.41, 5.74) is 8.58. The highest BCUT2D eigenvalue weighted by Crippen LogP contribution is 2.23. The molecule has 0 bridgehead atoms. The molecule has 0 heterocycles. The minimum Gasteiger partial charge on any atom is -0.328 e. The van der Waals surface area contributed by atoms with Gasteiger partial charge in [0.15, 0.2) is 0 Å². The summed E-state index contributed by atoms with van der Waals surface area (Å²) in [6.07, 6.45) is 6.87. The van der Waals surface area contributed by atoms with Crippen LogP contribution in [0.15, 0.2) is 18.4 Å². The van der Waals surface area contributed by atoms with Gasteiger partial charge in [0.2, 0.25) is 0 Å². The Morgan fingerprint density at radius 2 is 1.90 bits per heavy atom. The van der Waals surface area contributed by atoms with Gasteiger partial charge in [0.25, 0.3) is 0 Å². The second kappa shape index (κ2) is 3.60. The van der Waals surface area contributed by atoms with Crippen molar-refractivity contribution in [2.75, 3.05) is 0 Å². The topological polar surface area (TPSA) is 26.0 Å². The quantitative estimate of drug-likeness (QED) is 0.548. The van der Waals surface area contributed by atoms with Crippen molar-refractivity contribution < 1.29 is 0 Å². The van der Waals surface area contributed by atoms with E-state index in [0.717, 1.165) is 0 Å². The molecule has 1 saturated carbocycles. The molecule has 0 unspecified atom stereocenters. The third-order valence-corrected chi connectivity index (χ3v) is 2.17. The first-order valence-corrected chi connectivity index (χ1v) is 3.94. The molecule has 0 aromatic rings. The molecular formula is C9H15N. The lowest BCUT2D eigenvalue weighted by atomic mass is 9.86. The molecule has 0 saturated heterocycles. The van der Waals surface area contributed by atoms with Crippen LogP contribution in [0.4, 0.5) is 0 Å². The molecule has 2 N–H and O–H groups in total. The first-order valence-electron chi connectivity index (χ1n) is 3.94. The Kier molecular flexibility index (Phi) is 2.73. The van der Waals surface area contributed by atoms with Gasteiger partial charge in [-0.15, -0.1) is 5.73 Å². The van der Waals surface area contributed by atoms with Crippen molar-refractivity contribution in [2.24, 2.45) is 11.7 Å². The number of nitrogens with two attached hydrogens (primary N) is 1. The monoisotopic (exact) mass is 137 g/mol. The largest absolute Gasteiger partial charge is 0.328 e. The van der Waals surface area contributed by atoms with Gasteiger partial charge < -0.3 is 5.73 Å². The van der Waals surface area contributed by atoms with Crippen molar-refractivity contribution in [3.63, 3.8) is 0 Å². The fraction of sp³-hybridized carbons (Fsp3) is 0.667. The Balaban J connectivity index is 2.32. The molecule has 56 valence electrons. The van der Waals surface area contributed by atoms with Crippen LogP contribution in [0.5, 0.6) is 0 Å². The van der Waals surface area contributed by atoms with Gasteiger partial charge in [0, 0.05) is 6.04 Å². The lowest BCUT2D eigenvalue weighted by Crippen LogP contribution is -2.25. The molecule has 0 amide bonds. The first-order chi connectivity index (χ1) is 4.83. The van der Waals surface area contributed by atoms with E-state index >= 15 is 0 Å². The van der Waals surface area contributed by atoms with Gasteiger partial charge in [0.1, 0.15) is 0 Å². The summed E-state index contributed by atoms with van der Waals surface area (Å²) < 4.78 is 0. The van der Waals surface area contributed by atoms with Crippen LogP contribution in [0, 0.1) is 5.92 Å². The van der Waals surface area contributed by atoms with Crippen molar-refractivity contribution in [2.45, 2.75) is 31.7 Å². The zero-order chi connectivity index (χ0) is 7.40. The summed E-state index contributed by atoms with van der Waals surface area (Å²) >= 11 is 0. The first kappa shape index (κ1) is 7.59. The van der Waals surface area contributed by atoms with Crippen LogP contribution in [0.3, 0.4) is 0 Å². The van der Waals surface area contributed by atoms with Crippen LogP contribution in [0.2, 0.25) is 0 Å². The average molecular weight is 137 g/mol. The van der Waals surface area contributed by atoms with Crippen molar-refractivity contribution in [1.29, 1.82) is 0 Å². The van der Waals surface area contributed by atoms with Gasteiger partial charge in [0.05, 0.1) is 0 Å². The second-order valence-electron chi connectivity index (χ2n) is 3.05. The molecule has 1 aliphatic rings. The Morgan fingerprint density at radius 1 is 1.30 bits per heavy atom. The number of allylic oxidation sites excluding steroid dienone is 1. The van der Waals surface area contributed by atoms with Gasteiger partial charge in [-0.3, -0.25) is 0 Å². The smallest absolute Gasteiger partial charge is 0.00392 e. The van der Waals surface area contributed by atoms with Crippen LogP contribution in [0.25, 0.3) is 0 Å². The van der Waals surface area contributed by atoms with E-state index in [2.05, 4.69) is 18.4 Å². The fourth-order valence-corrected chi connectivity index (χ4v) is 1.48. The molecule has 1 fully saturated rings. The molecule has 0 aromatic carbocycles. The van der Waals surface area contributed by atoms with Gasteiger partial charge in [-0.2, -0.15) is 0 Å². The molecule has 1 rings (SSSR count). The van der Waals surface area contributed by atoms with Gasteiger partial charge in [-0.05, 0) is 37.7 Å². The molecule has 1 nitrogen and oxygen atoms in total. The molecule has 1 heteroatoms. The Labute approximate surface area is 62.6 Å². The van der Waals surface area contributed by atoms with Crippen LogP contribution >= 0.6 is 0 Å². The summed E-state index contributed by atoms with van der Waals surface area (Å²) in [6, 6.07) is 0.453. The van der Waals surface area contributed by atoms with E-state index in [-0.39, 0.29) is 0 Å². The zero-order valence-corrected chi connectivity index (χ0v) is 6.34. The lowest BCUT2D eigenvalue weighted by molar-refractivity contribution is 0.376. The zero-order valence-electron chi connectivity index (χ0n) is 6.34. The van der Waals surface area contributed by atoms with Crippen LogP contribution in [0.1, 0.15) is 25.7 Å². The Morgan fingerprint density at radius 3 is 2.40 bits per heavy atom. The summed E-state index contributed by atoms with van der Waals surface area (Å²) in [6.45, 7) is 3.56. The van der Waals surface area contributed by atoms with Gasteiger partial charge in [-0.25, -0.2) is 0 Å². The molecule has 1 aliphatic carbocycles. The highest BCUT2D eigenvalue weighted by molar-refractivity contribution is 4.88. The minimum absolute atomic E-state index is 0.453. The molecule has 10 heavy (non-hydrogen) atoms. The highest BCUT2D eigenvalue weighted by Gasteiger charge is 2.15. The van der Waals surface area contributed by atoms with Crippen molar-refractivity contribution in [3.8, 4) is 0 Å². The predicted molar refractivity (Wildman–Crippen MR) is 43.6 cm³/mol. The van der Waals surface area contributed by atoms with Crippen molar-refractivity contribution in [3.05, 3.63) is 18.4 Å². The third kappa shape index (κ3) is 2.02. The molecule has 0 aliphatic heterocycles. The normalized spacial score (nSPS) is 32.9. The standard InChI is InChI=1S/C9H15N/c1-2-3-8-4-6-9(10)7-5-8/h3,8-9H,1,4-7,10H2. The maximum Gasteiger partial charge on any atom is 0.00392 e. The maximum absolute atomic E-state index is 5.74. The Hall–Kier alpha value is -0.520. The molecule has 0 spiro atoms. The SMILES string of the molecule is C=C=CC1CCC(N)CC1. The summed E-state index contributed by atoms with van der Waals surface area (Å²) in [7, 11) is 0. The van der Waals surface area contributed by atoms with E-state index in [1.54, 1.807) is 0 Å². The van der Waals surface area contributed by atoms with Crippen LogP contribution in [-0.4, -0.2) is 6.04 Å². The van der Waals surface area contributed by atoms with E-state index in [0.29, 0.717) is 12.0 Å².